The minimum absolute atomic E-state index is 0.144. The molecule has 9 rings (SSSR count). The lowest BCUT2D eigenvalue weighted by molar-refractivity contribution is 0.624. The Hall–Kier alpha value is -5.22. The highest BCUT2D eigenvalue weighted by molar-refractivity contribution is 6.12. The van der Waals surface area contributed by atoms with E-state index in [2.05, 4.69) is 145 Å². The maximum Gasteiger partial charge on any atom is 0.141 e. The molecule has 7 aromatic rings. The van der Waals surface area contributed by atoms with Gasteiger partial charge in [-0.05, 0) is 59.2 Å². The van der Waals surface area contributed by atoms with Crippen LogP contribution in [0.5, 0.6) is 0 Å². The molecule has 5 heterocycles. The van der Waals surface area contributed by atoms with Crippen molar-refractivity contribution in [2.75, 3.05) is 4.90 Å². The van der Waals surface area contributed by atoms with E-state index in [9.17, 15) is 0 Å². The van der Waals surface area contributed by atoms with Crippen LogP contribution >= 0.6 is 0 Å². The smallest absolute Gasteiger partial charge is 0.141 e. The number of rotatable bonds is 2. The molecule has 0 spiro atoms. The van der Waals surface area contributed by atoms with E-state index in [-0.39, 0.29) is 10.8 Å². The molecule has 0 N–H and O–H groups in total. The molecule has 0 fully saturated rings. The topological polar surface area (TPSA) is 34.0 Å². The molecule has 2 aliphatic heterocycles. The van der Waals surface area contributed by atoms with Gasteiger partial charge in [0.15, 0.2) is 0 Å². The second-order valence-electron chi connectivity index (χ2n) is 13.2. The number of benzene rings is 4. The first-order valence-electron chi connectivity index (χ1n) is 15.3. The van der Waals surface area contributed by atoms with Gasteiger partial charge in [0.25, 0.3) is 0 Å². The van der Waals surface area contributed by atoms with E-state index < -0.39 is 0 Å². The summed E-state index contributed by atoms with van der Waals surface area (Å²) in [6, 6.07) is 39.8. The summed E-state index contributed by atoms with van der Waals surface area (Å²) >= 11 is 0. The molecule has 0 atom stereocenters. The molecule has 0 unspecified atom stereocenters. The van der Waals surface area contributed by atoms with Crippen molar-refractivity contribution >= 4 is 38.9 Å². The predicted octanol–water partition coefficient (Wildman–Crippen LogP) is 9.99. The molecule has 0 aliphatic carbocycles. The van der Waals surface area contributed by atoms with E-state index in [0.29, 0.717) is 0 Å². The van der Waals surface area contributed by atoms with Gasteiger partial charge in [0.1, 0.15) is 5.82 Å². The van der Waals surface area contributed by atoms with Crippen LogP contribution in [0.2, 0.25) is 0 Å². The van der Waals surface area contributed by atoms with Crippen molar-refractivity contribution in [2.45, 2.75) is 38.5 Å². The third-order valence-corrected chi connectivity index (χ3v) is 10.1. The number of hydrogen-bond donors (Lipinski definition) is 0. The van der Waals surface area contributed by atoms with Gasteiger partial charge >= 0.3 is 0 Å². The van der Waals surface area contributed by atoms with Gasteiger partial charge in [-0.25, -0.2) is 4.98 Å². The molecule has 2 aliphatic rings. The molecule has 0 amide bonds. The minimum Gasteiger partial charge on any atom is -0.310 e. The molecular weight excluding hydrogens is 536 g/mol. The van der Waals surface area contributed by atoms with Crippen LogP contribution in [0.15, 0.2) is 122 Å². The SMILES string of the molecule is CC1(C)c2ccccc2N(c2ccc3c4cccc5c4n(c3c2)-c2ncccc2C5(C)C)c2cc(-c3ccccn3)ccc21. The fourth-order valence-corrected chi connectivity index (χ4v) is 7.81. The zero-order valence-electron chi connectivity index (χ0n) is 25.3. The molecule has 44 heavy (non-hydrogen) atoms. The lowest BCUT2D eigenvalue weighted by atomic mass is 9.73. The molecule has 4 aromatic carbocycles. The van der Waals surface area contributed by atoms with E-state index in [1.54, 1.807) is 0 Å². The predicted molar refractivity (Wildman–Crippen MR) is 181 cm³/mol. The Bertz CT molecular complexity index is 2290. The van der Waals surface area contributed by atoms with Crippen LogP contribution in [0.1, 0.15) is 49.9 Å². The number of fused-ring (bicyclic) bond motifs is 7. The average molecular weight is 569 g/mol. The number of pyridine rings is 2. The maximum absolute atomic E-state index is 4.98. The van der Waals surface area contributed by atoms with Gasteiger partial charge in [0.2, 0.25) is 0 Å². The zero-order valence-corrected chi connectivity index (χ0v) is 25.3. The van der Waals surface area contributed by atoms with Crippen molar-refractivity contribution in [1.29, 1.82) is 0 Å². The Labute approximate surface area is 257 Å². The van der Waals surface area contributed by atoms with Crippen LogP contribution in [-0.4, -0.2) is 14.5 Å². The standard InChI is InChI=1S/C40H32N4/c1-39(2)29-12-5-6-16-34(29)43(36-23-25(17-20-30(36)39)33-15-7-8-21-41-33)26-18-19-27-28-11-9-13-31-37(28)44(35(27)24-26)38-32(40(31,3)4)14-10-22-42-38/h5-24H,1-4H3. The summed E-state index contributed by atoms with van der Waals surface area (Å²) in [5, 5.41) is 2.51. The number of nitrogens with zero attached hydrogens (tertiary/aromatic N) is 4. The molecule has 0 bridgehead atoms. The Balaban J connectivity index is 1.35. The van der Waals surface area contributed by atoms with Crippen LogP contribution in [-0.2, 0) is 10.8 Å². The van der Waals surface area contributed by atoms with Crippen LogP contribution in [0.3, 0.4) is 0 Å². The van der Waals surface area contributed by atoms with E-state index in [1.807, 2.05) is 18.5 Å². The Kier molecular flexibility index (Phi) is 4.98. The normalized spacial score (nSPS) is 15.6. The molecule has 0 saturated heterocycles. The van der Waals surface area contributed by atoms with Crippen LogP contribution in [0.4, 0.5) is 17.1 Å². The third kappa shape index (κ3) is 3.23. The summed E-state index contributed by atoms with van der Waals surface area (Å²) in [4.78, 5) is 12.1. The second kappa shape index (κ2) is 8.67. The van der Waals surface area contributed by atoms with Crippen molar-refractivity contribution in [3.63, 3.8) is 0 Å². The van der Waals surface area contributed by atoms with E-state index in [4.69, 9.17) is 4.98 Å². The first-order chi connectivity index (χ1) is 21.4. The van der Waals surface area contributed by atoms with Gasteiger partial charge in [0, 0.05) is 50.8 Å². The first-order valence-corrected chi connectivity index (χ1v) is 15.3. The quantitative estimate of drug-likeness (QED) is 0.208. The highest BCUT2D eigenvalue weighted by Crippen LogP contribution is 2.54. The third-order valence-electron chi connectivity index (χ3n) is 10.1. The van der Waals surface area contributed by atoms with Crippen molar-refractivity contribution < 1.29 is 0 Å². The Morgan fingerprint density at radius 2 is 1.30 bits per heavy atom. The highest BCUT2D eigenvalue weighted by Gasteiger charge is 2.38. The number of para-hydroxylation sites is 2. The number of hydrogen-bond acceptors (Lipinski definition) is 3. The van der Waals surface area contributed by atoms with E-state index in [1.165, 1.54) is 55.4 Å². The lowest BCUT2D eigenvalue weighted by Crippen LogP contribution is -2.30. The van der Waals surface area contributed by atoms with E-state index in [0.717, 1.165) is 22.8 Å². The fraction of sp³-hybridized carbons (Fsp3) is 0.150. The summed E-state index contributed by atoms with van der Waals surface area (Å²) in [5.74, 6) is 1.02. The molecule has 3 aromatic heterocycles. The molecule has 212 valence electrons. The van der Waals surface area contributed by atoms with E-state index >= 15 is 0 Å². The van der Waals surface area contributed by atoms with Gasteiger partial charge < -0.3 is 4.90 Å². The van der Waals surface area contributed by atoms with Crippen molar-refractivity contribution in [3.8, 4) is 17.1 Å². The van der Waals surface area contributed by atoms with Crippen molar-refractivity contribution in [2.24, 2.45) is 0 Å². The van der Waals surface area contributed by atoms with Crippen LogP contribution in [0.25, 0.3) is 38.9 Å². The second-order valence-corrected chi connectivity index (χ2v) is 13.2. The monoisotopic (exact) mass is 568 g/mol. The fourth-order valence-electron chi connectivity index (χ4n) is 7.81. The summed E-state index contributed by atoms with van der Waals surface area (Å²) < 4.78 is 2.40. The summed E-state index contributed by atoms with van der Waals surface area (Å²) in [7, 11) is 0. The van der Waals surface area contributed by atoms with Gasteiger partial charge in [-0.2, -0.15) is 0 Å². The Morgan fingerprint density at radius 1 is 0.545 bits per heavy atom. The van der Waals surface area contributed by atoms with Gasteiger partial charge in [-0.3, -0.25) is 9.55 Å². The molecule has 0 saturated carbocycles. The summed E-state index contributed by atoms with van der Waals surface area (Å²) in [6.45, 7) is 9.30. The number of anilines is 3. The summed E-state index contributed by atoms with van der Waals surface area (Å²) in [6.07, 6.45) is 3.78. The minimum atomic E-state index is -0.158. The first kappa shape index (κ1) is 25.3. The molecule has 0 radical (unpaired) electrons. The van der Waals surface area contributed by atoms with Crippen molar-refractivity contribution in [1.82, 2.24) is 14.5 Å². The Morgan fingerprint density at radius 3 is 2.16 bits per heavy atom. The average Bonchev–Trinajstić information content (AvgIpc) is 3.38. The zero-order chi connectivity index (χ0) is 29.8. The van der Waals surface area contributed by atoms with Gasteiger partial charge in [0.05, 0.1) is 28.1 Å². The summed E-state index contributed by atoms with van der Waals surface area (Å²) in [5.41, 5.74) is 12.9. The number of aromatic nitrogens is 3. The van der Waals surface area contributed by atoms with Gasteiger partial charge in [-0.1, -0.05) is 94.4 Å². The lowest BCUT2D eigenvalue weighted by Gasteiger charge is -2.42. The maximum atomic E-state index is 4.98. The molecular formula is C40H32N4. The highest BCUT2D eigenvalue weighted by atomic mass is 15.2. The van der Waals surface area contributed by atoms with Gasteiger partial charge in [-0.15, -0.1) is 0 Å². The largest absolute Gasteiger partial charge is 0.310 e. The van der Waals surface area contributed by atoms with Crippen LogP contribution in [0, 0.1) is 0 Å². The molecule has 4 heteroatoms. The van der Waals surface area contributed by atoms with Crippen LogP contribution < -0.4 is 4.90 Å². The van der Waals surface area contributed by atoms with Crippen molar-refractivity contribution in [3.05, 3.63) is 144 Å². The molecule has 4 nitrogen and oxygen atoms in total.